The van der Waals surface area contributed by atoms with Gasteiger partial charge in [0.05, 0.1) is 0 Å². The van der Waals surface area contributed by atoms with Crippen LogP contribution in [0, 0.1) is 0 Å². The van der Waals surface area contributed by atoms with Gasteiger partial charge in [-0.2, -0.15) is 0 Å². The van der Waals surface area contributed by atoms with Crippen LogP contribution in [0.1, 0.15) is 21.5 Å². The number of benzene rings is 3. The molecule has 0 amide bonds. The van der Waals surface area contributed by atoms with Crippen molar-refractivity contribution in [2.75, 3.05) is 6.54 Å². The van der Waals surface area contributed by atoms with Gasteiger partial charge in [0.1, 0.15) is 37.0 Å². The summed E-state index contributed by atoms with van der Waals surface area (Å²) in [6, 6.07) is 24.1. The van der Waals surface area contributed by atoms with Gasteiger partial charge in [-0.15, -0.1) is 0 Å². The predicted octanol–water partition coefficient (Wildman–Crippen LogP) is 3.01. The quantitative estimate of drug-likeness (QED) is 0.453. The molecule has 0 fully saturated rings. The number of carbonyl (C=O) groups is 2. The zero-order valence-corrected chi connectivity index (χ0v) is 17.0. The summed E-state index contributed by atoms with van der Waals surface area (Å²) in [5.41, 5.74) is 12.4. The summed E-state index contributed by atoms with van der Waals surface area (Å²) in [6.07, 6.45) is 0.796. The van der Waals surface area contributed by atoms with Crippen molar-refractivity contribution < 1.29 is 24.2 Å². The third-order valence-electron chi connectivity index (χ3n) is 4.11. The molecular weight excluding hydrogens is 396 g/mol. The van der Waals surface area contributed by atoms with E-state index in [9.17, 15) is 9.59 Å². The van der Waals surface area contributed by atoms with E-state index in [4.69, 9.17) is 26.0 Å². The molecule has 7 heteroatoms. The summed E-state index contributed by atoms with van der Waals surface area (Å²) in [5.74, 6) is 0.181. The van der Waals surface area contributed by atoms with Crippen molar-refractivity contribution in [1.29, 1.82) is 0 Å². The van der Waals surface area contributed by atoms with Crippen LogP contribution in [0.3, 0.4) is 0 Å². The van der Waals surface area contributed by atoms with E-state index in [1.807, 2.05) is 60.7 Å². The zero-order chi connectivity index (χ0) is 22.5. The molecule has 162 valence electrons. The molecule has 0 radical (unpaired) electrons. The van der Waals surface area contributed by atoms with Crippen molar-refractivity contribution in [2.45, 2.75) is 19.3 Å². The van der Waals surface area contributed by atoms with Gasteiger partial charge >= 0.3 is 5.97 Å². The third kappa shape index (κ3) is 8.69. The fourth-order valence-corrected chi connectivity index (χ4v) is 2.41. The molecule has 0 aromatic heterocycles. The second-order valence-corrected chi connectivity index (χ2v) is 6.58. The van der Waals surface area contributed by atoms with Crippen LogP contribution in [0.15, 0.2) is 78.9 Å². The number of aldehydes is 1. The molecule has 0 heterocycles. The number of nitrogens with two attached hydrogens (primary N) is 2. The highest BCUT2D eigenvalue weighted by Crippen LogP contribution is 2.24. The first-order chi connectivity index (χ1) is 15.0. The van der Waals surface area contributed by atoms with Crippen LogP contribution in [0.2, 0.25) is 0 Å². The van der Waals surface area contributed by atoms with Crippen LogP contribution in [-0.2, 0) is 18.0 Å². The Morgan fingerprint density at radius 1 is 0.871 bits per heavy atom. The highest BCUT2D eigenvalue weighted by atomic mass is 16.5. The molecule has 3 rings (SSSR count). The van der Waals surface area contributed by atoms with E-state index in [1.165, 1.54) is 0 Å². The highest BCUT2D eigenvalue weighted by Gasteiger charge is 2.06. The second kappa shape index (κ2) is 12.8. The van der Waals surface area contributed by atoms with Crippen molar-refractivity contribution in [2.24, 2.45) is 11.5 Å². The van der Waals surface area contributed by atoms with Gasteiger partial charge in [0.2, 0.25) is 0 Å². The molecule has 3 aromatic rings. The lowest BCUT2D eigenvalue weighted by Crippen LogP contribution is -2.37. The SMILES string of the molecule is NC[C@H](N)C(=O)O.O=Cc1cc(OCc2ccccc2)cc(OCc2ccccc2)c1. The number of aliphatic carboxylic acids is 1. The Labute approximate surface area is 181 Å². The Morgan fingerprint density at radius 2 is 1.32 bits per heavy atom. The molecule has 31 heavy (non-hydrogen) atoms. The maximum atomic E-state index is 11.1. The number of carbonyl (C=O) groups excluding carboxylic acids is 1. The summed E-state index contributed by atoms with van der Waals surface area (Å²) in [5, 5.41) is 7.98. The average Bonchev–Trinajstić information content (AvgIpc) is 2.82. The number of carboxylic acids is 1. The molecule has 5 N–H and O–H groups in total. The fourth-order valence-electron chi connectivity index (χ4n) is 2.41. The maximum absolute atomic E-state index is 11.1. The molecule has 0 aliphatic rings. The van der Waals surface area contributed by atoms with Crippen molar-refractivity contribution in [3.63, 3.8) is 0 Å². The molecule has 0 saturated heterocycles. The molecule has 0 bridgehead atoms. The van der Waals surface area contributed by atoms with Crippen molar-refractivity contribution >= 4 is 12.3 Å². The summed E-state index contributed by atoms with van der Waals surface area (Å²) >= 11 is 0. The normalized spacial score (nSPS) is 10.9. The van der Waals surface area contributed by atoms with Gasteiger partial charge in [0, 0.05) is 18.2 Å². The topological polar surface area (TPSA) is 125 Å². The molecular formula is C24H26N2O5. The van der Waals surface area contributed by atoms with Gasteiger partial charge in [-0.3, -0.25) is 9.59 Å². The first kappa shape index (κ1) is 23.6. The minimum atomic E-state index is -1.05. The summed E-state index contributed by atoms with van der Waals surface area (Å²) in [7, 11) is 0. The van der Waals surface area contributed by atoms with Crippen molar-refractivity contribution in [1.82, 2.24) is 0 Å². The Balaban J connectivity index is 0.000000423. The van der Waals surface area contributed by atoms with Gasteiger partial charge < -0.3 is 26.0 Å². The summed E-state index contributed by atoms with van der Waals surface area (Å²) < 4.78 is 11.6. The van der Waals surface area contributed by atoms with Crippen molar-refractivity contribution in [3.05, 3.63) is 95.6 Å². The Kier molecular flexibility index (Phi) is 9.74. The number of ether oxygens (including phenoxy) is 2. The van der Waals surface area contributed by atoms with Crippen LogP contribution in [0.5, 0.6) is 11.5 Å². The van der Waals surface area contributed by atoms with E-state index in [0.717, 1.165) is 17.4 Å². The minimum absolute atomic E-state index is 0.00463. The molecule has 1 atom stereocenters. The van der Waals surface area contributed by atoms with E-state index >= 15 is 0 Å². The van der Waals surface area contributed by atoms with Crippen LogP contribution < -0.4 is 20.9 Å². The van der Waals surface area contributed by atoms with Gasteiger partial charge in [0.25, 0.3) is 0 Å². The summed E-state index contributed by atoms with van der Waals surface area (Å²) in [4.78, 5) is 20.9. The van der Waals surface area contributed by atoms with Gasteiger partial charge in [-0.05, 0) is 23.3 Å². The number of hydrogen-bond acceptors (Lipinski definition) is 6. The zero-order valence-electron chi connectivity index (χ0n) is 17.0. The van der Waals surface area contributed by atoms with Crippen LogP contribution in [0.4, 0.5) is 0 Å². The largest absolute Gasteiger partial charge is 0.489 e. The Morgan fingerprint density at radius 3 is 1.65 bits per heavy atom. The van der Waals surface area contributed by atoms with E-state index in [0.29, 0.717) is 30.3 Å². The lowest BCUT2D eigenvalue weighted by atomic mass is 10.2. The smallest absolute Gasteiger partial charge is 0.321 e. The molecule has 0 unspecified atom stereocenters. The number of carboxylic acid groups (broad SMARTS) is 1. The highest BCUT2D eigenvalue weighted by molar-refractivity contribution is 5.76. The average molecular weight is 422 g/mol. The number of hydrogen-bond donors (Lipinski definition) is 3. The Bertz CT molecular complexity index is 887. The molecule has 7 nitrogen and oxygen atoms in total. The van der Waals surface area contributed by atoms with Crippen LogP contribution >= 0.6 is 0 Å². The molecule has 0 spiro atoms. The van der Waals surface area contributed by atoms with Crippen LogP contribution in [0.25, 0.3) is 0 Å². The maximum Gasteiger partial charge on any atom is 0.321 e. The van der Waals surface area contributed by atoms with E-state index in [1.54, 1.807) is 18.2 Å². The monoisotopic (exact) mass is 422 g/mol. The summed E-state index contributed by atoms with van der Waals surface area (Å²) in [6.45, 7) is 0.887. The molecule has 3 aromatic carbocycles. The Hall–Kier alpha value is -3.68. The van der Waals surface area contributed by atoms with Gasteiger partial charge in [-0.25, -0.2) is 0 Å². The molecule has 0 saturated carbocycles. The molecule has 0 aliphatic heterocycles. The standard InChI is InChI=1S/C21H18O3.C3H8N2O2/c22-14-19-11-20(23-15-17-7-3-1-4-8-17)13-21(12-19)24-16-18-9-5-2-6-10-18;4-1-2(5)3(6)7/h1-14H,15-16H2;2H,1,4-5H2,(H,6,7)/t;2-/m.0/s1. The first-order valence-corrected chi connectivity index (χ1v) is 9.64. The van der Waals surface area contributed by atoms with Crippen LogP contribution in [-0.4, -0.2) is 29.9 Å². The first-order valence-electron chi connectivity index (χ1n) is 9.64. The predicted molar refractivity (Wildman–Crippen MR) is 118 cm³/mol. The lowest BCUT2D eigenvalue weighted by molar-refractivity contribution is -0.138. The van der Waals surface area contributed by atoms with Gasteiger partial charge in [-0.1, -0.05) is 60.7 Å². The second-order valence-electron chi connectivity index (χ2n) is 6.58. The lowest BCUT2D eigenvalue weighted by Gasteiger charge is -2.11. The van der Waals surface area contributed by atoms with E-state index < -0.39 is 12.0 Å². The fraction of sp³-hybridized carbons (Fsp3) is 0.167. The number of rotatable bonds is 9. The minimum Gasteiger partial charge on any atom is -0.489 e. The van der Waals surface area contributed by atoms with Crippen molar-refractivity contribution in [3.8, 4) is 11.5 Å². The van der Waals surface area contributed by atoms with E-state index in [-0.39, 0.29) is 6.54 Å². The molecule has 0 aliphatic carbocycles. The van der Waals surface area contributed by atoms with E-state index in [2.05, 4.69) is 0 Å². The van der Waals surface area contributed by atoms with Gasteiger partial charge in [0.15, 0.2) is 0 Å². The third-order valence-corrected chi connectivity index (χ3v) is 4.11.